The fourth-order valence-corrected chi connectivity index (χ4v) is 4.87. The molecule has 9 nitrogen and oxygen atoms in total. The van der Waals surface area contributed by atoms with E-state index in [-0.39, 0.29) is 17.4 Å². The van der Waals surface area contributed by atoms with Gasteiger partial charge in [-0.15, -0.1) is 0 Å². The van der Waals surface area contributed by atoms with Gasteiger partial charge in [-0.1, -0.05) is 17.7 Å². The summed E-state index contributed by atoms with van der Waals surface area (Å²) in [6, 6.07) is 11.7. The van der Waals surface area contributed by atoms with Crippen molar-refractivity contribution >= 4 is 27.3 Å². The Kier molecular flexibility index (Phi) is 5.52. The normalized spacial score (nSPS) is 15.8. The van der Waals surface area contributed by atoms with E-state index in [0.29, 0.717) is 52.6 Å². The highest BCUT2D eigenvalue weighted by Crippen LogP contribution is 2.35. The van der Waals surface area contributed by atoms with Gasteiger partial charge in [0.05, 0.1) is 10.6 Å². The SMILES string of the molecule is Cc1ccc(S(=O)(=O)N/N=C2\CCCc3oc(C(=O)Nc4ccc5c(c4)OCO5)c(C)c32)cc1. The minimum absolute atomic E-state index is 0.131. The number of amides is 1. The van der Waals surface area contributed by atoms with Crippen LogP contribution in [0.15, 0.2) is 56.9 Å². The van der Waals surface area contributed by atoms with E-state index >= 15 is 0 Å². The maximum absolute atomic E-state index is 13.0. The topological polar surface area (TPSA) is 119 Å². The smallest absolute Gasteiger partial charge is 0.291 e. The number of rotatable bonds is 5. The number of hydrazone groups is 1. The molecule has 0 unspecified atom stereocenters. The molecule has 0 saturated heterocycles. The molecule has 0 saturated carbocycles. The Labute approximate surface area is 196 Å². The molecule has 0 spiro atoms. The van der Waals surface area contributed by atoms with Crippen LogP contribution < -0.4 is 19.6 Å². The molecule has 1 amide bonds. The number of fused-ring (bicyclic) bond motifs is 2. The second kappa shape index (κ2) is 8.53. The van der Waals surface area contributed by atoms with Gasteiger partial charge in [-0.2, -0.15) is 18.4 Å². The van der Waals surface area contributed by atoms with Crippen LogP contribution in [0.25, 0.3) is 0 Å². The number of sulfonamides is 1. The second-order valence-electron chi connectivity index (χ2n) is 8.20. The molecule has 2 aromatic carbocycles. The zero-order valence-corrected chi connectivity index (χ0v) is 19.5. The number of hydrogen-bond donors (Lipinski definition) is 2. The maximum atomic E-state index is 13.0. The zero-order valence-electron chi connectivity index (χ0n) is 18.7. The number of hydrogen-bond acceptors (Lipinski definition) is 7. The summed E-state index contributed by atoms with van der Waals surface area (Å²) in [5.74, 6) is 1.55. The van der Waals surface area contributed by atoms with E-state index < -0.39 is 15.9 Å². The zero-order chi connectivity index (χ0) is 23.9. The van der Waals surface area contributed by atoms with E-state index in [1.54, 1.807) is 37.3 Å². The lowest BCUT2D eigenvalue weighted by Crippen LogP contribution is -2.22. The summed E-state index contributed by atoms with van der Waals surface area (Å²) >= 11 is 0. The van der Waals surface area contributed by atoms with E-state index in [0.717, 1.165) is 12.0 Å². The Balaban J connectivity index is 1.39. The average Bonchev–Trinajstić information content (AvgIpc) is 3.42. The molecule has 1 aromatic heterocycles. The van der Waals surface area contributed by atoms with Crippen molar-refractivity contribution in [2.45, 2.75) is 38.0 Å². The molecule has 0 atom stereocenters. The molecule has 176 valence electrons. The number of ether oxygens (including phenoxy) is 2. The molecule has 3 aromatic rings. The highest BCUT2D eigenvalue weighted by Gasteiger charge is 2.29. The fourth-order valence-electron chi connectivity index (χ4n) is 4.04. The van der Waals surface area contributed by atoms with Gasteiger partial charge in [0, 0.05) is 29.3 Å². The molecule has 2 heterocycles. The van der Waals surface area contributed by atoms with Crippen molar-refractivity contribution in [3.63, 3.8) is 0 Å². The predicted molar refractivity (Wildman–Crippen MR) is 125 cm³/mol. The van der Waals surface area contributed by atoms with Crippen molar-refractivity contribution in [1.29, 1.82) is 0 Å². The minimum atomic E-state index is -3.82. The van der Waals surface area contributed by atoms with E-state index in [9.17, 15) is 13.2 Å². The quantitative estimate of drug-likeness (QED) is 0.534. The number of furan rings is 1. The summed E-state index contributed by atoms with van der Waals surface area (Å²) in [6.45, 7) is 3.80. The standard InChI is InChI=1S/C24H23N3O6S/c1-14-6-9-17(10-7-14)34(29,30)27-26-18-4-3-5-20-22(18)15(2)23(33-20)24(28)25-16-8-11-19-21(12-16)32-13-31-19/h6-12,27H,3-5,13H2,1-2H3,(H,25,28)/b26-18+. The first kappa shape index (κ1) is 22.0. The van der Waals surface area contributed by atoms with Gasteiger partial charge in [0.2, 0.25) is 6.79 Å². The van der Waals surface area contributed by atoms with Crippen LogP contribution >= 0.6 is 0 Å². The lowest BCUT2D eigenvalue weighted by atomic mass is 9.93. The Morgan fingerprint density at radius 3 is 2.56 bits per heavy atom. The van der Waals surface area contributed by atoms with Crippen LogP contribution in [-0.4, -0.2) is 26.8 Å². The van der Waals surface area contributed by atoms with Gasteiger partial charge in [-0.05, 0) is 51.0 Å². The van der Waals surface area contributed by atoms with E-state index in [1.165, 1.54) is 12.1 Å². The summed E-state index contributed by atoms with van der Waals surface area (Å²) in [5, 5.41) is 7.02. The Hall–Kier alpha value is -3.79. The molecule has 1 aliphatic carbocycles. The number of anilines is 1. The van der Waals surface area contributed by atoms with Crippen molar-refractivity contribution in [2.24, 2.45) is 5.10 Å². The van der Waals surface area contributed by atoms with Crippen LogP contribution in [0, 0.1) is 13.8 Å². The van der Waals surface area contributed by atoms with Crippen molar-refractivity contribution < 1.29 is 27.1 Å². The van der Waals surface area contributed by atoms with Crippen molar-refractivity contribution in [1.82, 2.24) is 4.83 Å². The molecule has 0 fully saturated rings. The van der Waals surface area contributed by atoms with Crippen LogP contribution in [0.4, 0.5) is 5.69 Å². The van der Waals surface area contributed by atoms with Crippen molar-refractivity contribution in [2.75, 3.05) is 12.1 Å². The lowest BCUT2D eigenvalue weighted by Gasteiger charge is -2.14. The van der Waals surface area contributed by atoms with E-state index in [1.807, 2.05) is 6.92 Å². The molecule has 1 aliphatic heterocycles. The van der Waals surface area contributed by atoms with Crippen LogP contribution in [-0.2, 0) is 16.4 Å². The third-order valence-electron chi connectivity index (χ3n) is 5.79. The number of carbonyl (C=O) groups is 1. The molecule has 2 aliphatic rings. The van der Waals surface area contributed by atoms with E-state index in [2.05, 4.69) is 15.2 Å². The Morgan fingerprint density at radius 1 is 1.00 bits per heavy atom. The molecule has 5 rings (SSSR count). The predicted octanol–water partition coefficient (Wildman–Crippen LogP) is 3.90. The van der Waals surface area contributed by atoms with Gasteiger partial charge in [-0.3, -0.25) is 4.79 Å². The van der Waals surface area contributed by atoms with Gasteiger partial charge in [0.15, 0.2) is 17.3 Å². The van der Waals surface area contributed by atoms with Crippen LogP contribution in [0.2, 0.25) is 0 Å². The van der Waals surface area contributed by atoms with Crippen molar-refractivity contribution in [3.8, 4) is 11.5 Å². The first-order chi connectivity index (χ1) is 16.3. The largest absolute Gasteiger partial charge is 0.455 e. The highest BCUT2D eigenvalue weighted by atomic mass is 32.2. The maximum Gasteiger partial charge on any atom is 0.291 e. The molecular formula is C24H23N3O6S. The van der Waals surface area contributed by atoms with Crippen molar-refractivity contribution in [3.05, 3.63) is 70.7 Å². The number of nitrogens with zero attached hydrogens (tertiary/aromatic N) is 1. The molecule has 2 N–H and O–H groups in total. The lowest BCUT2D eigenvalue weighted by molar-refractivity contribution is 0.0994. The number of carbonyl (C=O) groups excluding carboxylic acids is 1. The number of benzene rings is 2. The summed E-state index contributed by atoms with van der Waals surface area (Å²) in [6.07, 6.45) is 1.93. The highest BCUT2D eigenvalue weighted by molar-refractivity contribution is 7.89. The number of nitrogens with one attached hydrogen (secondary N) is 2. The van der Waals surface area contributed by atoms with Gasteiger partial charge < -0.3 is 19.2 Å². The first-order valence-corrected chi connectivity index (χ1v) is 12.3. The average molecular weight is 482 g/mol. The fraction of sp³-hybridized carbons (Fsp3) is 0.250. The molecule has 0 bridgehead atoms. The Morgan fingerprint density at radius 2 is 1.76 bits per heavy atom. The number of aryl methyl sites for hydroxylation is 2. The summed E-state index contributed by atoms with van der Waals surface area (Å²) in [5.41, 5.74) is 3.33. The summed E-state index contributed by atoms with van der Waals surface area (Å²) in [4.78, 5) is 15.4. The van der Waals surface area contributed by atoms with Gasteiger partial charge in [0.1, 0.15) is 5.76 Å². The van der Waals surface area contributed by atoms with Crippen LogP contribution in [0.5, 0.6) is 11.5 Å². The van der Waals surface area contributed by atoms with Gasteiger partial charge in [0.25, 0.3) is 15.9 Å². The Bertz CT molecular complexity index is 1410. The minimum Gasteiger partial charge on any atom is -0.455 e. The van der Waals surface area contributed by atoms with Crippen LogP contribution in [0.3, 0.4) is 0 Å². The third-order valence-corrected chi connectivity index (χ3v) is 7.02. The third kappa shape index (κ3) is 4.12. The van der Waals surface area contributed by atoms with Gasteiger partial charge in [-0.25, -0.2) is 0 Å². The first-order valence-electron chi connectivity index (χ1n) is 10.8. The van der Waals surface area contributed by atoms with E-state index in [4.69, 9.17) is 13.9 Å². The summed E-state index contributed by atoms with van der Waals surface area (Å²) < 4.78 is 41.9. The monoisotopic (exact) mass is 481 g/mol. The molecule has 10 heteroatoms. The summed E-state index contributed by atoms with van der Waals surface area (Å²) in [7, 11) is -3.82. The molecule has 0 radical (unpaired) electrons. The second-order valence-corrected chi connectivity index (χ2v) is 9.86. The van der Waals surface area contributed by atoms with Gasteiger partial charge >= 0.3 is 0 Å². The molecular weight excluding hydrogens is 458 g/mol. The van der Waals surface area contributed by atoms with Crippen LogP contribution in [0.1, 0.15) is 45.8 Å². The molecule has 34 heavy (non-hydrogen) atoms.